The van der Waals surface area contributed by atoms with Gasteiger partial charge in [-0.25, -0.2) is 0 Å². The molecule has 0 unspecified atom stereocenters. The number of aromatic nitrogens is 2. The van der Waals surface area contributed by atoms with E-state index in [-0.39, 0.29) is 10.4 Å². The highest BCUT2D eigenvalue weighted by Gasteiger charge is 2.14. The van der Waals surface area contributed by atoms with E-state index >= 15 is 0 Å². The molecule has 0 saturated carbocycles. The van der Waals surface area contributed by atoms with E-state index in [1.807, 2.05) is 0 Å². The summed E-state index contributed by atoms with van der Waals surface area (Å²) in [6.45, 7) is -2.83. The Hall–Kier alpha value is -1.46. The molecule has 1 amide bonds. The van der Waals surface area contributed by atoms with Gasteiger partial charge in [0.25, 0.3) is 5.91 Å². The van der Waals surface area contributed by atoms with Crippen molar-refractivity contribution in [3.8, 4) is 0 Å². The fourth-order valence-electron chi connectivity index (χ4n) is 0.665. The molecule has 4 nitrogen and oxygen atoms in total. The predicted molar refractivity (Wildman–Crippen MR) is 32.0 cm³/mol. The van der Waals surface area contributed by atoms with E-state index in [0.29, 0.717) is 0 Å². The topological polar surface area (TPSA) is 60.9 Å². The van der Waals surface area contributed by atoms with E-state index in [1.54, 1.807) is 0 Å². The number of carbonyl (C=O) groups is 1. The van der Waals surface area contributed by atoms with Crippen LogP contribution in [0.3, 0.4) is 0 Å². The number of carbonyl (C=O) groups excluding carboxylic acids is 1. The van der Waals surface area contributed by atoms with Crippen LogP contribution in [0.4, 0.5) is 8.78 Å². The third kappa shape index (κ3) is 1.34. The Morgan fingerprint density at radius 1 is 1.73 bits per heavy atom. The monoisotopic (exact) mass is 161 g/mol. The van der Waals surface area contributed by atoms with Crippen molar-refractivity contribution in [3.63, 3.8) is 0 Å². The summed E-state index contributed by atoms with van der Waals surface area (Å²) in [5, 5.41) is 3.20. The zero-order valence-electron chi connectivity index (χ0n) is 5.37. The number of hydrogen-bond donors (Lipinski definition) is 1. The molecular formula is C5H5F2N3O. The fraction of sp³-hybridized carbons (Fsp3) is 0.200. The Labute approximate surface area is 60.6 Å². The maximum Gasteiger partial charge on any atom is 0.333 e. The minimum absolute atomic E-state index is 0.266. The van der Waals surface area contributed by atoms with Crippen LogP contribution >= 0.6 is 0 Å². The van der Waals surface area contributed by atoms with Crippen molar-refractivity contribution >= 4 is 5.91 Å². The van der Waals surface area contributed by atoms with E-state index in [2.05, 4.69) is 5.10 Å². The van der Waals surface area contributed by atoms with E-state index in [1.165, 1.54) is 0 Å². The molecule has 0 aliphatic rings. The Morgan fingerprint density at radius 3 is 2.73 bits per heavy atom. The van der Waals surface area contributed by atoms with Gasteiger partial charge in [-0.1, -0.05) is 0 Å². The number of hydrogen-bond acceptors (Lipinski definition) is 2. The number of nitrogens with zero attached hydrogens (tertiary/aromatic N) is 2. The van der Waals surface area contributed by atoms with Gasteiger partial charge < -0.3 is 5.73 Å². The zero-order chi connectivity index (χ0) is 8.43. The number of nitrogens with two attached hydrogens (primary N) is 1. The van der Waals surface area contributed by atoms with E-state index in [0.717, 1.165) is 12.3 Å². The van der Waals surface area contributed by atoms with Crippen LogP contribution in [-0.2, 0) is 0 Å². The molecule has 0 radical (unpaired) electrons. The third-order valence-corrected chi connectivity index (χ3v) is 1.11. The highest BCUT2D eigenvalue weighted by atomic mass is 19.3. The lowest BCUT2D eigenvalue weighted by Crippen LogP contribution is -2.18. The largest absolute Gasteiger partial charge is 0.364 e. The second-order valence-corrected chi connectivity index (χ2v) is 1.80. The van der Waals surface area contributed by atoms with E-state index < -0.39 is 12.5 Å². The first-order valence-electron chi connectivity index (χ1n) is 2.74. The summed E-state index contributed by atoms with van der Waals surface area (Å²) in [7, 11) is 0. The van der Waals surface area contributed by atoms with Crippen molar-refractivity contribution in [1.29, 1.82) is 0 Å². The van der Waals surface area contributed by atoms with Crippen LogP contribution in [-0.4, -0.2) is 15.7 Å². The molecule has 1 aromatic rings. The summed E-state index contributed by atoms with van der Waals surface area (Å²) in [5.74, 6) is -0.914. The first-order chi connectivity index (χ1) is 5.13. The minimum Gasteiger partial charge on any atom is -0.364 e. The highest BCUT2D eigenvalue weighted by Crippen LogP contribution is 2.10. The molecule has 0 aliphatic heterocycles. The lowest BCUT2D eigenvalue weighted by Gasteiger charge is -2.00. The summed E-state index contributed by atoms with van der Waals surface area (Å²) in [5.41, 5.74) is 4.47. The average Bonchev–Trinajstić information content (AvgIpc) is 2.32. The van der Waals surface area contributed by atoms with Gasteiger partial charge in [0.15, 0.2) is 0 Å². The number of amides is 1. The van der Waals surface area contributed by atoms with Gasteiger partial charge in [-0.05, 0) is 6.07 Å². The number of halogens is 2. The summed E-state index contributed by atoms with van der Waals surface area (Å²) < 4.78 is 24.1. The lowest BCUT2D eigenvalue weighted by atomic mass is 10.4. The van der Waals surface area contributed by atoms with Gasteiger partial charge >= 0.3 is 6.55 Å². The third-order valence-electron chi connectivity index (χ3n) is 1.11. The molecule has 0 fully saturated rings. The van der Waals surface area contributed by atoms with Crippen LogP contribution in [0.2, 0.25) is 0 Å². The van der Waals surface area contributed by atoms with Gasteiger partial charge in [0.2, 0.25) is 0 Å². The molecule has 2 N–H and O–H groups in total. The van der Waals surface area contributed by atoms with Gasteiger partial charge in [0.05, 0.1) is 0 Å². The molecule has 1 heterocycles. The van der Waals surface area contributed by atoms with Gasteiger partial charge in [0, 0.05) is 6.20 Å². The summed E-state index contributed by atoms with van der Waals surface area (Å²) in [6.07, 6.45) is 1.09. The Bertz CT molecular complexity index is 270. The smallest absolute Gasteiger partial charge is 0.333 e. The van der Waals surface area contributed by atoms with Crippen LogP contribution < -0.4 is 5.73 Å². The SMILES string of the molecule is NC(=O)c1ccnn1C(F)F. The standard InChI is InChI=1S/C5H5F2N3O/c6-5(7)10-3(4(8)11)1-2-9-10/h1-2,5H,(H2,8,11). The molecular weight excluding hydrogens is 156 g/mol. The van der Waals surface area contributed by atoms with Gasteiger partial charge in [-0.2, -0.15) is 18.6 Å². The maximum atomic E-state index is 11.9. The number of alkyl halides is 2. The van der Waals surface area contributed by atoms with E-state index in [9.17, 15) is 13.6 Å². The van der Waals surface area contributed by atoms with Crippen molar-refractivity contribution in [2.45, 2.75) is 6.55 Å². The minimum atomic E-state index is -2.83. The quantitative estimate of drug-likeness (QED) is 0.681. The molecule has 6 heteroatoms. The number of rotatable bonds is 2. The first kappa shape index (κ1) is 7.64. The molecule has 0 atom stereocenters. The van der Waals surface area contributed by atoms with Crippen LogP contribution in [0, 0.1) is 0 Å². The van der Waals surface area contributed by atoms with Crippen molar-refractivity contribution in [3.05, 3.63) is 18.0 Å². The van der Waals surface area contributed by atoms with Crippen LogP contribution in [0.15, 0.2) is 12.3 Å². The lowest BCUT2D eigenvalue weighted by molar-refractivity contribution is 0.0517. The first-order valence-corrected chi connectivity index (χ1v) is 2.74. The van der Waals surface area contributed by atoms with Crippen molar-refractivity contribution in [2.24, 2.45) is 5.73 Å². The Morgan fingerprint density at radius 2 is 2.36 bits per heavy atom. The Balaban J connectivity index is 3.06. The summed E-state index contributed by atoms with van der Waals surface area (Å²) in [4.78, 5) is 10.4. The second-order valence-electron chi connectivity index (χ2n) is 1.80. The van der Waals surface area contributed by atoms with Crippen molar-refractivity contribution < 1.29 is 13.6 Å². The van der Waals surface area contributed by atoms with Crippen LogP contribution in [0.1, 0.15) is 17.0 Å². The molecule has 60 valence electrons. The zero-order valence-corrected chi connectivity index (χ0v) is 5.37. The molecule has 1 rings (SSSR count). The Kier molecular flexibility index (Phi) is 1.84. The molecule has 0 bridgehead atoms. The molecule has 11 heavy (non-hydrogen) atoms. The van der Waals surface area contributed by atoms with Crippen LogP contribution in [0.5, 0.6) is 0 Å². The second kappa shape index (κ2) is 2.65. The van der Waals surface area contributed by atoms with Gasteiger partial charge in [-0.3, -0.25) is 4.79 Å². The molecule has 0 aromatic carbocycles. The molecule has 0 aliphatic carbocycles. The van der Waals surface area contributed by atoms with Crippen molar-refractivity contribution in [1.82, 2.24) is 9.78 Å². The molecule has 0 spiro atoms. The number of primary amides is 1. The van der Waals surface area contributed by atoms with Gasteiger partial charge in [0.1, 0.15) is 5.69 Å². The summed E-state index contributed by atoms with van der Waals surface area (Å²) >= 11 is 0. The van der Waals surface area contributed by atoms with Crippen LogP contribution in [0.25, 0.3) is 0 Å². The van der Waals surface area contributed by atoms with Crippen molar-refractivity contribution in [2.75, 3.05) is 0 Å². The predicted octanol–water partition coefficient (Wildman–Crippen LogP) is 0.377. The van der Waals surface area contributed by atoms with E-state index in [4.69, 9.17) is 5.73 Å². The molecule has 0 saturated heterocycles. The fourth-order valence-corrected chi connectivity index (χ4v) is 0.665. The average molecular weight is 161 g/mol. The summed E-state index contributed by atoms with van der Waals surface area (Å²) in [6, 6.07) is 1.13. The molecule has 1 aromatic heterocycles. The normalized spacial score (nSPS) is 10.5. The highest BCUT2D eigenvalue weighted by molar-refractivity contribution is 5.90. The maximum absolute atomic E-state index is 11.9. The van der Waals surface area contributed by atoms with Gasteiger partial charge in [-0.15, -0.1) is 0 Å².